The summed E-state index contributed by atoms with van der Waals surface area (Å²) in [5, 5.41) is 17.1. The van der Waals surface area contributed by atoms with Gasteiger partial charge >= 0.3 is 0 Å². The SMILES string of the molecule is N#CCC(I)c1ccnc(-n2nnc3ccccc32)c1. The number of pyridine rings is 1. The molecule has 3 aromatic rings. The normalized spacial score (nSPS) is 12.2. The van der Waals surface area contributed by atoms with Crippen molar-refractivity contribution in [3.8, 4) is 11.9 Å². The van der Waals surface area contributed by atoms with Gasteiger partial charge < -0.3 is 0 Å². The first kappa shape index (κ1) is 13.0. The number of alkyl halides is 1. The van der Waals surface area contributed by atoms with E-state index in [1.54, 1.807) is 10.9 Å². The van der Waals surface area contributed by atoms with E-state index in [0.717, 1.165) is 22.4 Å². The highest BCUT2D eigenvalue weighted by Gasteiger charge is 2.11. The monoisotopic (exact) mass is 375 g/mol. The van der Waals surface area contributed by atoms with Crippen LogP contribution in [0.1, 0.15) is 15.9 Å². The summed E-state index contributed by atoms with van der Waals surface area (Å²) >= 11 is 2.26. The van der Waals surface area contributed by atoms with Gasteiger partial charge in [0.2, 0.25) is 0 Å². The first-order valence-electron chi connectivity index (χ1n) is 6.07. The molecule has 0 aliphatic heterocycles. The van der Waals surface area contributed by atoms with Crippen molar-refractivity contribution in [3.63, 3.8) is 0 Å². The third-order valence-electron chi connectivity index (χ3n) is 2.97. The molecule has 0 saturated heterocycles. The van der Waals surface area contributed by atoms with Gasteiger partial charge in [-0.25, -0.2) is 4.98 Å². The van der Waals surface area contributed by atoms with Crippen LogP contribution < -0.4 is 0 Å². The van der Waals surface area contributed by atoms with Crippen molar-refractivity contribution in [2.24, 2.45) is 0 Å². The van der Waals surface area contributed by atoms with Crippen LogP contribution in [0.2, 0.25) is 0 Å². The Kier molecular flexibility index (Phi) is 3.60. The number of rotatable bonds is 3. The van der Waals surface area contributed by atoms with Gasteiger partial charge in [-0.2, -0.15) is 9.94 Å². The minimum atomic E-state index is 0.147. The molecule has 6 heteroatoms. The maximum absolute atomic E-state index is 8.79. The lowest BCUT2D eigenvalue weighted by Crippen LogP contribution is -2.01. The highest BCUT2D eigenvalue weighted by atomic mass is 127. The number of para-hydroxylation sites is 1. The predicted molar refractivity (Wildman–Crippen MR) is 83.7 cm³/mol. The fourth-order valence-electron chi connectivity index (χ4n) is 1.98. The zero-order valence-electron chi connectivity index (χ0n) is 10.4. The minimum absolute atomic E-state index is 0.147. The van der Waals surface area contributed by atoms with Crippen molar-refractivity contribution in [1.29, 1.82) is 5.26 Å². The molecule has 3 rings (SSSR count). The molecule has 98 valence electrons. The van der Waals surface area contributed by atoms with Gasteiger partial charge in [0, 0.05) is 10.1 Å². The van der Waals surface area contributed by atoms with Crippen LogP contribution in [0.5, 0.6) is 0 Å². The van der Waals surface area contributed by atoms with Crippen LogP contribution in [0.3, 0.4) is 0 Å². The summed E-state index contributed by atoms with van der Waals surface area (Å²) in [5.41, 5.74) is 2.82. The quantitative estimate of drug-likeness (QED) is 0.521. The van der Waals surface area contributed by atoms with E-state index in [1.165, 1.54) is 0 Å². The Morgan fingerprint density at radius 3 is 3.00 bits per heavy atom. The summed E-state index contributed by atoms with van der Waals surface area (Å²) in [5.74, 6) is 0.718. The standard InChI is InChI=1S/C14H10IN5/c15-11(5-7-16)10-6-8-17-14(9-10)20-13-4-2-1-3-12(13)18-19-20/h1-4,6,8-9,11H,5H2. The van der Waals surface area contributed by atoms with Crippen LogP contribution in [0.4, 0.5) is 0 Å². The van der Waals surface area contributed by atoms with Crippen molar-refractivity contribution in [2.45, 2.75) is 10.3 Å². The van der Waals surface area contributed by atoms with Crippen LogP contribution in [0, 0.1) is 11.3 Å². The number of benzene rings is 1. The fourth-order valence-corrected chi connectivity index (χ4v) is 2.57. The molecule has 0 spiro atoms. The second kappa shape index (κ2) is 5.54. The molecule has 0 N–H and O–H groups in total. The predicted octanol–water partition coefficient (Wildman–Crippen LogP) is 3.21. The summed E-state index contributed by atoms with van der Waals surface area (Å²) in [6.07, 6.45) is 2.21. The zero-order valence-corrected chi connectivity index (χ0v) is 12.6. The summed E-state index contributed by atoms with van der Waals surface area (Å²) < 4.78 is 1.86. The number of aromatic nitrogens is 4. The van der Waals surface area contributed by atoms with Crippen molar-refractivity contribution < 1.29 is 0 Å². The molecule has 2 heterocycles. The summed E-state index contributed by atoms with van der Waals surface area (Å²) in [6, 6.07) is 13.8. The van der Waals surface area contributed by atoms with Crippen LogP contribution in [0.25, 0.3) is 16.9 Å². The smallest absolute Gasteiger partial charge is 0.156 e. The Labute approximate surface area is 129 Å². The molecular weight excluding hydrogens is 365 g/mol. The number of hydrogen-bond donors (Lipinski definition) is 0. The van der Waals surface area contributed by atoms with Crippen molar-refractivity contribution in [1.82, 2.24) is 20.0 Å². The van der Waals surface area contributed by atoms with Gasteiger partial charge in [0.25, 0.3) is 0 Å². The molecule has 0 aliphatic rings. The lowest BCUT2D eigenvalue weighted by molar-refractivity contribution is 0.798. The third-order valence-corrected chi connectivity index (χ3v) is 4.13. The van der Waals surface area contributed by atoms with E-state index >= 15 is 0 Å². The van der Waals surface area contributed by atoms with E-state index in [4.69, 9.17) is 5.26 Å². The molecule has 1 unspecified atom stereocenters. The van der Waals surface area contributed by atoms with Gasteiger partial charge in [0.1, 0.15) is 5.52 Å². The van der Waals surface area contributed by atoms with Crippen LogP contribution in [-0.2, 0) is 0 Å². The molecule has 0 amide bonds. The van der Waals surface area contributed by atoms with Gasteiger partial charge in [-0.3, -0.25) is 0 Å². The van der Waals surface area contributed by atoms with Gasteiger partial charge in [0.15, 0.2) is 5.82 Å². The van der Waals surface area contributed by atoms with E-state index in [9.17, 15) is 0 Å². The molecule has 0 saturated carbocycles. The second-order valence-corrected chi connectivity index (χ2v) is 5.77. The molecule has 1 atom stereocenters. The van der Waals surface area contributed by atoms with Crippen LogP contribution >= 0.6 is 22.6 Å². The van der Waals surface area contributed by atoms with Gasteiger partial charge in [-0.05, 0) is 29.8 Å². The number of hydrogen-bond acceptors (Lipinski definition) is 4. The van der Waals surface area contributed by atoms with Gasteiger partial charge in [-0.1, -0.05) is 39.9 Å². The zero-order chi connectivity index (χ0) is 13.9. The molecule has 20 heavy (non-hydrogen) atoms. The topological polar surface area (TPSA) is 67.4 Å². The molecule has 0 fully saturated rings. The van der Waals surface area contributed by atoms with E-state index in [2.05, 4.69) is 44.0 Å². The average molecular weight is 375 g/mol. The Morgan fingerprint density at radius 2 is 2.15 bits per heavy atom. The summed E-state index contributed by atoms with van der Waals surface area (Å²) in [6.45, 7) is 0. The number of nitriles is 1. The minimum Gasteiger partial charge on any atom is -0.237 e. The van der Waals surface area contributed by atoms with Gasteiger partial charge in [0.05, 0.1) is 18.0 Å². The van der Waals surface area contributed by atoms with Gasteiger partial charge in [-0.15, -0.1) is 5.10 Å². The lowest BCUT2D eigenvalue weighted by Gasteiger charge is -2.08. The molecule has 1 aromatic carbocycles. The highest BCUT2D eigenvalue weighted by molar-refractivity contribution is 14.1. The first-order valence-corrected chi connectivity index (χ1v) is 7.32. The van der Waals surface area contributed by atoms with Crippen molar-refractivity contribution >= 4 is 33.6 Å². The Balaban J connectivity index is 2.07. The molecule has 2 aromatic heterocycles. The fraction of sp³-hybridized carbons (Fsp3) is 0.143. The van der Waals surface area contributed by atoms with Crippen molar-refractivity contribution in [2.75, 3.05) is 0 Å². The summed E-state index contributed by atoms with van der Waals surface area (Å²) in [4.78, 5) is 4.35. The molecule has 0 radical (unpaired) electrons. The molecule has 0 bridgehead atoms. The maximum atomic E-state index is 8.79. The second-order valence-electron chi connectivity index (χ2n) is 4.27. The van der Waals surface area contributed by atoms with E-state index in [-0.39, 0.29) is 3.92 Å². The largest absolute Gasteiger partial charge is 0.237 e. The van der Waals surface area contributed by atoms with Crippen LogP contribution in [0.15, 0.2) is 42.6 Å². The maximum Gasteiger partial charge on any atom is 0.156 e. The number of fused-ring (bicyclic) bond motifs is 1. The molecular formula is C14H10IN5. The number of nitrogens with zero attached hydrogens (tertiary/aromatic N) is 5. The third kappa shape index (κ3) is 2.36. The average Bonchev–Trinajstić information content (AvgIpc) is 2.91. The van der Waals surface area contributed by atoms with E-state index < -0.39 is 0 Å². The number of halogens is 1. The molecule has 5 nitrogen and oxygen atoms in total. The lowest BCUT2D eigenvalue weighted by atomic mass is 10.1. The summed E-state index contributed by atoms with van der Waals surface area (Å²) in [7, 11) is 0. The van der Waals surface area contributed by atoms with Crippen LogP contribution in [-0.4, -0.2) is 20.0 Å². The Morgan fingerprint density at radius 1 is 1.30 bits per heavy atom. The van der Waals surface area contributed by atoms with E-state index in [1.807, 2.05) is 36.4 Å². The van der Waals surface area contributed by atoms with E-state index in [0.29, 0.717) is 6.42 Å². The Hall–Kier alpha value is -2.01. The van der Waals surface area contributed by atoms with Crippen molar-refractivity contribution in [3.05, 3.63) is 48.2 Å². The Bertz CT molecular complexity index is 789. The highest BCUT2D eigenvalue weighted by Crippen LogP contribution is 2.27. The molecule has 0 aliphatic carbocycles. The first-order chi connectivity index (χ1) is 9.79.